The monoisotopic (exact) mass is 540 g/mol. The highest BCUT2D eigenvalue weighted by atomic mass is 16.2. The summed E-state index contributed by atoms with van der Waals surface area (Å²) >= 11 is 0. The van der Waals surface area contributed by atoms with E-state index in [9.17, 15) is 19.2 Å². The lowest BCUT2D eigenvalue weighted by Gasteiger charge is -2.23. The third-order valence-electron chi connectivity index (χ3n) is 6.94. The van der Waals surface area contributed by atoms with Gasteiger partial charge in [0.05, 0.1) is 11.0 Å². The molecule has 0 aliphatic heterocycles. The van der Waals surface area contributed by atoms with Crippen molar-refractivity contribution in [1.29, 1.82) is 0 Å². The number of nitrogens with zero attached hydrogens (tertiary/aromatic N) is 1. The number of carbonyl (C=O) groups is 3. The molecular formula is C30H32N6O4. The Kier molecular flexibility index (Phi) is 8.34. The molecule has 40 heavy (non-hydrogen) atoms. The first-order chi connectivity index (χ1) is 19.4. The maximum absolute atomic E-state index is 13.7. The number of carbonyl (C=O) groups excluding carboxylic acids is 3. The van der Waals surface area contributed by atoms with Crippen molar-refractivity contribution < 1.29 is 14.4 Å². The number of H-pyrrole nitrogens is 2. The highest BCUT2D eigenvalue weighted by Crippen LogP contribution is 2.27. The molecule has 2 atom stereocenters. The topological polar surface area (TPSA) is 149 Å². The molecule has 10 heteroatoms. The van der Waals surface area contributed by atoms with Gasteiger partial charge in [0, 0.05) is 37.2 Å². The number of aromatic nitrogens is 3. The van der Waals surface area contributed by atoms with Crippen LogP contribution < -0.4 is 21.5 Å². The van der Waals surface area contributed by atoms with E-state index in [1.165, 1.54) is 6.20 Å². The van der Waals surface area contributed by atoms with Crippen LogP contribution in [0.2, 0.25) is 0 Å². The summed E-state index contributed by atoms with van der Waals surface area (Å²) in [5.41, 5.74) is 2.38. The Balaban J connectivity index is 1.34. The molecule has 2 aromatic heterocycles. The first kappa shape index (κ1) is 26.9. The summed E-state index contributed by atoms with van der Waals surface area (Å²) in [4.78, 5) is 61.9. The second-order valence-corrected chi connectivity index (χ2v) is 10.2. The molecule has 0 saturated heterocycles. The molecule has 1 aliphatic carbocycles. The zero-order valence-electron chi connectivity index (χ0n) is 22.0. The summed E-state index contributed by atoms with van der Waals surface area (Å²) in [6.07, 6.45) is 4.13. The number of imidazole rings is 1. The van der Waals surface area contributed by atoms with Crippen LogP contribution in [-0.4, -0.2) is 51.3 Å². The smallest absolute Gasteiger partial charge is 0.287 e. The average Bonchev–Trinajstić information content (AvgIpc) is 3.69. The van der Waals surface area contributed by atoms with Crippen LogP contribution in [0.4, 0.5) is 0 Å². The lowest BCUT2D eigenvalue weighted by Crippen LogP contribution is -2.52. The fraction of sp³-hybridized carbons (Fsp3) is 0.300. The van der Waals surface area contributed by atoms with Gasteiger partial charge in [0.1, 0.15) is 6.04 Å². The molecule has 1 aliphatic rings. The van der Waals surface area contributed by atoms with E-state index in [1.54, 1.807) is 18.2 Å². The second-order valence-electron chi connectivity index (χ2n) is 10.2. The SMILES string of the molecule is O=C(CC(Cc1ccc[nH]c1=O)NC(=O)C(Cc1ccccc1)NC(=O)c1nc2ccccc2[nH]1)NCC1CC1. The van der Waals surface area contributed by atoms with Crippen LogP contribution in [0.25, 0.3) is 11.0 Å². The molecule has 3 amide bonds. The highest BCUT2D eigenvalue weighted by Gasteiger charge is 2.28. The van der Waals surface area contributed by atoms with Gasteiger partial charge in [0.25, 0.3) is 11.5 Å². The Morgan fingerprint density at radius 3 is 2.45 bits per heavy atom. The van der Waals surface area contributed by atoms with Crippen LogP contribution in [0.3, 0.4) is 0 Å². The molecule has 2 aromatic carbocycles. The molecule has 0 bridgehead atoms. The summed E-state index contributed by atoms with van der Waals surface area (Å²) in [5, 5.41) is 8.67. The van der Waals surface area contributed by atoms with Crippen molar-refractivity contribution in [3.8, 4) is 0 Å². The van der Waals surface area contributed by atoms with E-state index in [2.05, 4.69) is 30.9 Å². The fourth-order valence-corrected chi connectivity index (χ4v) is 4.58. The van der Waals surface area contributed by atoms with Gasteiger partial charge in [-0.25, -0.2) is 4.98 Å². The second kappa shape index (κ2) is 12.4. The lowest BCUT2D eigenvalue weighted by atomic mass is 10.0. The predicted octanol–water partition coefficient (Wildman–Crippen LogP) is 2.24. The number of benzene rings is 2. The van der Waals surface area contributed by atoms with Crippen LogP contribution >= 0.6 is 0 Å². The Morgan fingerprint density at radius 2 is 1.70 bits per heavy atom. The molecule has 206 valence electrons. The van der Waals surface area contributed by atoms with Crippen molar-refractivity contribution >= 4 is 28.8 Å². The van der Waals surface area contributed by atoms with Crippen LogP contribution in [-0.2, 0) is 22.4 Å². The van der Waals surface area contributed by atoms with Crippen LogP contribution in [0.1, 0.15) is 41.0 Å². The predicted molar refractivity (Wildman–Crippen MR) is 151 cm³/mol. The van der Waals surface area contributed by atoms with Crippen LogP contribution in [0, 0.1) is 5.92 Å². The van der Waals surface area contributed by atoms with E-state index in [1.807, 2.05) is 48.5 Å². The number of hydrogen-bond acceptors (Lipinski definition) is 5. The molecule has 0 spiro atoms. The molecule has 4 aromatic rings. The molecule has 10 nitrogen and oxygen atoms in total. The molecule has 1 saturated carbocycles. The summed E-state index contributed by atoms with van der Waals surface area (Å²) < 4.78 is 0. The van der Waals surface area contributed by atoms with Gasteiger partial charge >= 0.3 is 0 Å². The number of nitrogens with one attached hydrogen (secondary N) is 5. The molecule has 5 rings (SSSR count). The molecule has 2 heterocycles. The number of para-hydroxylation sites is 2. The van der Waals surface area contributed by atoms with Crippen molar-refractivity contribution in [3.05, 3.63) is 100 Å². The maximum atomic E-state index is 13.7. The van der Waals surface area contributed by atoms with Crippen LogP contribution in [0.5, 0.6) is 0 Å². The molecule has 1 fully saturated rings. The summed E-state index contributed by atoms with van der Waals surface area (Å²) in [5.74, 6) is -0.571. The van der Waals surface area contributed by atoms with Gasteiger partial charge in [-0.1, -0.05) is 48.5 Å². The third kappa shape index (κ3) is 7.22. The van der Waals surface area contributed by atoms with E-state index in [0.717, 1.165) is 18.4 Å². The summed E-state index contributed by atoms with van der Waals surface area (Å²) in [6.45, 7) is 0.607. The molecule has 2 unspecified atom stereocenters. The van der Waals surface area contributed by atoms with E-state index >= 15 is 0 Å². The van der Waals surface area contributed by atoms with Crippen molar-refractivity contribution in [2.45, 2.75) is 44.2 Å². The van der Waals surface area contributed by atoms with Gasteiger partial charge in [0.15, 0.2) is 5.82 Å². The Hall–Kier alpha value is -4.73. The average molecular weight is 541 g/mol. The number of rotatable bonds is 12. The van der Waals surface area contributed by atoms with Gasteiger partial charge < -0.3 is 25.9 Å². The Morgan fingerprint density at radius 1 is 0.925 bits per heavy atom. The first-order valence-electron chi connectivity index (χ1n) is 13.5. The third-order valence-corrected chi connectivity index (χ3v) is 6.94. The minimum Gasteiger partial charge on any atom is -0.356 e. The van der Waals surface area contributed by atoms with Crippen molar-refractivity contribution in [2.75, 3.05) is 6.54 Å². The minimum atomic E-state index is -0.950. The van der Waals surface area contributed by atoms with E-state index in [4.69, 9.17) is 0 Å². The van der Waals surface area contributed by atoms with Crippen LogP contribution in [0.15, 0.2) is 77.7 Å². The van der Waals surface area contributed by atoms with Gasteiger partial charge in [-0.15, -0.1) is 0 Å². The number of aromatic amines is 2. The van der Waals surface area contributed by atoms with Gasteiger partial charge in [0.2, 0.25) is 11.8 Å². The molecule has 5 N–H and O–H groups in total. The number of fused-ring (bicyclic) bond motifs is 1. The Bertz CT molecular complexity index is 1510. The first-order valence-corrected chi connectivity index (χ1v) is 13.5. The molecule has 0 radical (unpaired) electrons. The minimum absolute atomic E-state index is 0.00235. The molecular weight excluding hydrogens is 508 g/mol. The summed E-state index contributed by atoms with van der Waals surface area (Å²) in [6, 6.07) is 18.4. The normalized spacial score (nSPS) is 14.3. The Labute approximate surface area is 231 Å². The zero-order valence-corrected chi connectivity index (χ0v) is 22.0. The fourth-order valence-electron chi connectivity index (χ4n) is 4.58. The standard InChI is InChI=1S/C30H32N6O4/c37-26(32-18-20-12-13-20)17-22(16-21-9-6-14-31-28(21)38)33-29(39)25(15-19-7-2-1-3-8-19)36-30(40)27-34-23-10-4-5-11-24(23)35-27/h1-11,14,20,22,25H,12-13,15-18H2,(H,31,38)(H,32,37)(H,33,39)(H,34,35)(H,36,40). The summed E-state index contributed by atoms with van der Waals surface area (Å²) in [7, 11) is 0. The van der Waals surface area contributed by atoms with Crippen molar-refractivity contribution in [3.63, 3.8) is 0 Å². The van der Waals surface area contributed by atoms with E-state index in [0.29, 0.717) is 29.1 Å². The van der Waals surface area contributed by atoms with Crippen molar-refractivity contribution in [2.24, 2.45) is 5.92 Å². The highest BCUT2D eigenvalue weighted by molar-refractivity contribution is 5.97. The quantitative estimate of drug-likeness (QED) is 0.187. The van der Waals surface area contributed by atoms with Gasteiger partial charge in [-0.3, -0.25) is 19.2 Å². The number of pyridine rings is 1. The lowest BCUT2D eigenvalue weighted by molar-refractivity contribution is -0.124. The zero-order chi connectivity index (χ0) is 27.9. The van der Waals surface area contributed by atoms with Gasteiger partial charge in [-0.05, 0) is 48.9 Å². The maximum Gasteiger partial charge on any atom is 0.287 e. The van der Waals surface area contributed by atoms with E-state index in [-0.39, 0.29) is 36.6 Å². The van der Waals surface area contributed by atoms with Gasteiger partial charge in [-0.2, -0.15) is 0 Å². The largest absolute Gasteiger partial charge is 0.356 e. The number of amides is 3. The number of hydrogen-bond donors (Lipinski definition) is 5. The van der Waals surface area contributed by atoms with Crippen molar-refractivity contribution in [1.82, 2.24) is 30.9 Å². The van der Waals surface area contributed by atoms with E-state index < -0.39 is 23.9 Å².